The molecule has 5 heteroatoms. The molecule has 0 radical (unpaired) electrons. The van der Waals surface area contributed by atoms with Crippen LogP contribution in [0, 0.1) is 5.82 Å². The summed E-state index contributed by atoms with van der Waals surface area (Å²) in [4.78, 5) is 0. The van der Waals surface area contributed by atoms with Gasteiger partial charge in [0.05, 0.1) is 12.3 Å². The molecule has 0 aliphatic carbocycles. The number of benzene rings is 3. The maximum atomic E-state index is 12.8. The van der Waals surface area contributed by atoms with Crippen LogP contribution in [0.3, 0.4) is 0 Å². The van der Waals surface area contributed by atoms with Gasteiger partial charge in [-0.25, -0.2) is 4.39 Å². The Morgan fingerprint density at radius 3 is 2.56 bits per heavy atom. The Balaban J connectivity index is 1.71. The van der Waals surface area contributed by atoms with Crippen molar-refractivity contribution in [3.63, 3.8) is 0 Å². The zero-order valence-electron chi connectivity index (χ0n) is 13.5. The molecule has 3 aromatic carbocycles. The van der Waals surface area contributed by atoms with Crippen LogP contribution in [0.15, 0.2) is 76.9 Å². The van der Waals surface area contributed by atoms with Crippen molar-refractivity contribution in [2.75, 3.05) is 0 Å². The van der Waals surface area contributed by atoms with Crippen LogP contribution in [0.1, 0.15) is 23.7 Å². The molecule has 0 saturated carbocycles. The van der Waals surface area contributed by atoms with Gasteiger partial charge < -0.3 is 10.8 Å². The Hall–Kier alpha value is -3.05. The molecule has 3 N–H and O–H groups in total. The predicted molar refractivity (Wildman–Crippen MR) is 99.1 cm³/mol. The third-order valence-corrected chi connectivity index (χ3v) is 3.85. The highest BCUT2D eigenvalue weighted by atomic mass is 19.1. The Morgan fingerprint density at radius 1 is 1.04 bits per heavy atom. The summed E-state index contributed by atoms with van der Waals surface area (Å²) in [6, 6.07) is 19.5. The zero-order chi connectivity index (χ0) is 17.6. The summed E-state index contributed by atoms with van der Waals surface area (Å²) in [5.41, 5.74) is 7.38. The van der Waals surface area contributed by atoms with Crippen LogP contribution in [-0.2, 0) is 0 Å². The molecule has 0 spiro atoms. The molecule has 1 unspecified atom stereocenters. The fourth-order valence-electron chi connectivity index (χ4n) is 2.61. The first-order valence-corrected chi connectivity index (χ1v) is 7.90. The molecule has 25 heavy (non-hydrogen) atoms. The molecule has 0 aliphatic heterocycles. The molecule has 126 valence electrons. The third-order valence-electron chi connectivity index (χ3n) is 3.85. The second-order valence-corrected chi connectivity index (χ2v) is 5.68. The van der Waals surface area contributed by atoms with Gasteiger partial charge in [0.1, 0.15) is 11.7 Å². The van der Waals surface area contributed by atoms with Crippen LogP contribution in [0.2, 0.25) is 0 Å². The van der Waals surface area contributed by atoms with Gasteiger partial charge in [0, 0.05) is 6.42 Å². The molecule has 4 nitrogen and oxygen atoms in total. The van der Waals surface area contributed by atoms with Crippen LogP contribution < -0.4 is 5.73 Å². The minimum atomic E-state index is -0.768. The van der Waals surface area contributed by atoms with Gasteiger partial charge in [0.15, 0.2) is 0 Å². The molecule has 0 saturated heterocycles. The van der Waals surface area contributed by atoms with Gasteiger partial charge in [-0.15, -0.1) is 5.10 Å². The summed E-state index contributed by atoms with van der Waals surface area (Å²) in [5, 5.41) is 20.3. The van der Waals surface area contributed by atoms with Crippen LogP contribution in [0.4, 0.5) is 4.39 Å². The van der Waals surface area contributed by atoms with Crippen molar-refractivity contribution in [1.29, 1.82) is 0 Å². The van der Waals surface area contributed by atoms with E-state index in [9.17, 15) is 9.50 Å². The predicted octanol–water partition coefficient (Wildman–Crippen LogP) is 3.79. The quantitative estimate of drug-likeness (QED) is 0.423. The van der Waals surface area contributed by atoms with Gasteiger partial charge in [-0.3, -0.25) is 0 Å². The summed E-state index contributed by atoms with van der Waals surface area (Å²) in [6.07, 6.45) is 0.890. The van der Waals surface area contributed by atoms with E-state index < -0.39 is 6.10 Å². The lowest BCUT2D eigenvalue weighted by Gasteiger charge is -2.13. The molecule has 3 rings (SSSR count). The maximum Gasteiger partial charge on any atom is 0.125 e. The summed E-state index contributed by atoms with van der Waals surface area (Å²) >= 11 is 0. The van der Waals surface area contributed by atoms with Gasteiger partial charge in [-0.05, 0) is 34.0 Å². The topological polar surface area (TPSA) is 71.0 Å². The largest absolute Gasteiger partial charge is 0.388 e. The monoisotopic (exact) mass is 335 g/mol. The van der Waals surface area contributed by atoms with E-state index in [0.29, 0.717) is 5.56 Å². The number of hydrogen-bond acceptors (Lipinski definition) is 3. The lowest BCUT2D eigenvalue weighted by molar-refractivity contribution is 0.187. The second kappa shape index (κ2) is 7.68. The fourth-order valence-corrected chi connectivity index (χ4v) is 2.61. The van der Waals surface area contributed by atoms with E-state index in [1.54, 1.807) is 12.1 Å². The summed E-state index contributed by atoms with van der Waals surface area (Å²) in [7, 11) is 0. The Morgan fingerprint density at radius 2 is 1.76 bits per heavy atom. The van der Waals surface area contributed by atoms with E-state index in [2.05, 4.69) is 10.2 Å². The minimum Gasteiger partial charge on any atom is -0.388 e. The van der Waals surface area contributed by atoms with Crippen LogP contribution >= 0.6 is 0 Å². The number of hydrogen-bond donors (Lipinski definition) is 2. The van der Waals surface area contributed by atoms with Gasteiger partial charge in [0.2, 0.25) is 0 Å². The average Bonchev–Trinajstić information content (AvgIpc) is 2.63. The van der Waals surface area contributed by atoms with Crippen LogP contribution in [0.25, 0.3) is 10.8 Å². The van der Waals surface area contributed by atoms with E-state index >= 15 is 0 Å². The minimum absolute atomic E-state index is 0.175. The molecular weight excluding hydrogens is 317 g/mol. The first-order valence-electron chi connectivity index (χ1n) is 7.90. The lowest BCUT2D eigenvalue weighted by Crippen LogP contribution is -2.15. The summed E-state index contributed by atoms with van der Waals surface area (Å²) in [5.74, 6) is -0.0860. The standard InChI is InChI=1S/C20H18FN3O/c21-16-10-8-14(9-11-16)13-23-24-20(22)12-19(25)18-7-3-5-15-4-1-2-6-17(15)18/h1-11,13,19,25H,12H2,(H2,22,24)/b23-13+. The summed E-state index contributed by atoms with van der Waals surface area (Å²) in [6.45, 7) is 0. The van der Waals surface area contributed by atoms with Crippen molar-refractivity contribution in [2.24, 2.45) is 15.9 Å². The Bertz CT molecular complexity index is 914. The van der Waals surface area contributed by atoms with Gasteiger partial charge in [-0.2, -0.15) is 5.10 Å². The van der Waals surface area contributed by atoms with Crippen molar-refractivity contribution in [2.45, 2.75) is 12.5 Å². The SMILES string of the molecule is N/C(CC(O)c1cccc2ccccc12)=N\N=C\c1ccc(F)cc1. The number of nitrogens with two attached hydrogens (primary N) is 1. The molecule has 1 atom stereocenters. The molecule has 0 amide bonds. The molecular formula is C20H18FN3O. The maximum absolute atomic E-state index is 12.8. The lowest BCUT2D eigenvalue weighted by atomic mass is 9.98. The average molecular weight is 335 g/mol. The van der Waals surface area contributed by atoms with Crippen molar-refractivity contribution >= 4 is 22.8 Å². The van der Waals surface area contributed by atoms with Crippen LogP contribution in [0.5, 0.6) is 0 Å². The molecule has 0 fully saturated rings. The van der Waals surface area contributed by atoms with E-state index in [-0.39, 0.29) is 18.1 Å². The van der Waals surface area contributed by atoms with Crippen molar-refractivity contribution in [3.8, 4) is 0 Å². The molecule has 0 bridgehead atoms. The number of aliphatic hydroxyl groups excluding tert-OH is 1. The first-order chi connectivity index (χ1) is 12.1. The van der Waals surface area contributed by atoms with Gasteiger partial charge in [-0.1, -0.05) is 54.6 Å². The number of fused-ring (bicyclic) bond motifs is 1. The number of nitrogens with zero attached hydrogens (tertiary/aromatic N) is 2. The molecule has 0 aliphatic rings. The van der Waals surface area contributed by atoms with E-state index in [4.69, 9.17) is 5.73 Å². The van der Waals surface area contributed by atoms with Crippen molar-refractivity contribution in [3.05, 3.63) is 83.7 Å². The smallest absolute Gasteiger partial charge is 0.125 e. The van der Waals surface area contributed by atoms with Crippen LogP contribution in [-0.4, -0.2) is 17.2 Å². The fraction of sp³-hybridized carbons (Fsp3) is 0.100. The first kappa shape index (κ1) is 16.8. The summed E-state index contributed by atoms with van der Waals surface area (Å²) < 4.78 is 12.8. The Labute approximate surface area is 145 Å². The second-order valence-electron chi connectivity index (χ2n) is 5.68. The molecule has 3 aromatic rings. The Kier molecular flexibility index (Phi) is 5.16. The number of rotatable bonds is 5. The van der Waals surface area contributed by atoms with Crippen molar-refractivity contribution < 1.29 is 9.50 Å². The highest BCUT2D eigenvalue weighted by Crippen LogP contribution is 2.26. The van der Waals surface area contributed by atoms with Gasteiger partial charge >= 0.3 is 0 Å². The molecule has 0 heterocycles. The number of halogens is 1. The van der Waals surface area contributed by atoms with Crippen molar-refractivity contribution in [1.82, 2.24) is 0 Å². The van der Waals surface area contributed by atoms with Gasteiger partial charge in [0.25, 0.3) is 0 Å². The highest BCUT2D eigenvalue weighted by molar-refractivity contribution is 5.88. The highest BCUT2D eigenvalue weighted by Gasteiger charge is 2.12. The van der Waals surface area contributed by atoms with E-state index in [0.717, 1.165) is 16.3 Å². The van der Waals surface area contributed by atoms with E-state index in [1.165, 1.54) is 18.3 Å². The molecule has 0 aromatic heterocycles. The number of amidine groups is 1. The van der Waals surface area contributed by atoms with E-state index in [1.807, 2.05) is 42.5 Å². The zero-order valence-corrected chi connectivity index (χ0v) is 13.5. The normalized spacial score (nSPS) is 13.4. The third kappa shape index (κ3) is 4.28. The number of aliphatic hydroxyl groups is 1.